The summed E-state index contributed by atoms with van der Waals surface area (Å²) in [7, 11) is 0. The molecule has 5 rings (SSSR count). The average Bonchev–Trinajstić information content (AvgIpc) is 3.53. The molecule has 0 aliphatic carbocycles. The minimum absolute atomic E-state index is 0.146. The summed E-state index contributed by atoms with van der Waals surface area (Å²) in [6.45, 7) is 0.366. The van der Waals surface area contributed by atoms with E-state index in [1.807, 2.05) is 52.5 Å². The van der Waals surface area contributed by atoms with E-state index in [9.17, 15) is 4.79 Å². The molecule has 0 fully saturated rings. The maximum absolute atomic E-state index is 12.3. The van der Waals surface area contributed by atoms with E-state index in [1.54, 1.807) is 12.1 Å². The van der Waals surface area contributed by atoms with E-state index in [0.29, 0.717) is 34.6 Å². The molecule has 0 radical (unpaired) electrons. The number of H-pyrrole nitrogens is 1. The number of fused-ring (bicyclic) bond motifs is 1. The Bertz CT molecular complexity index is 1280. The number of aromatic nitrogens is 6. The predicted octanol–water partition coefficient (Wildman–Crippen LogP) is 3.34. The number of nitrogens with zero attached hydrogens (tertiary/aromatic N) is 5. The van der Waals surface area contributed by atoms with Crippen molar-refractivity contribution in [3.8, 4) is 16.6 Å². The zero-order chi connectivity index (χ0) is 21.0. The van der Waals surface area contributed by atoms with E-state index in [0.717, 1.165) is 11.3 Å². The molecule has 9 nitrogen and oxygen atoms in total. The fourth-order valence-corrected chi connectivity index (χ4v) is 3.79. The van der Waals surface area contributed by atoms with Gasteiger partial charge in [-0.25, -0.2) is 15.0 Å². The molecule has 0 spiro atoms. The maximum Gasteiger partial charge on any atom is 0.230 e. The average molecular weight is 431 g/mol. The van der Waals surface area contributed by atoms with E-state index in [2.05, 4.69) is 30.5 Å². The second-order valence-electron chi connectivity index (χ2n) is 6.71. The van der Waals surface area contributed by atoms with Crippen LogP contribution in [0.2, 0.25) is 0 Å². The molecule has 10 heteroatoms. The molecule has 0 unspecified atom stereocenters. The Morgan fingerprint density at radius 2 is 2.03 bits per heavy atom. The van der Waals surface area contributed by atoms with Gasteiger partial charge in [0.2, 0.25) is 5.91 Å². The van der Waals surface area contributed by atoms with Gasteiger partial charge in [-0.3, -0.25) is 9.89 Å². The van der Waals surface area contributed by atoms with Gasteiger partial charge in [-0.2, -0.15) is 5.10 Å². The summed E-state index contributed by atoms with van der Waals surface area (Å²) >= 11 is 1.41. The normalized spacial score (nSPS) is 11.0. The van der Waals surface area contributed by atoms with Gasteiger partial charge in [0.25, 0.3) is 0 Å². The number of anilines is 1. The van der Waals surface area contributed by atoms with Crippen LogP contribution < -0.4 is 10.1 Å². The van der Waals surface area contributed by atoms with Crippen LogP contribution in [0.3, 0.4) is 0 Å². The van der Waals surface area contributed by atoms with Crippen molar-refractivity contribution in [1.29, 1.82) is 0 Å². The standard InChI is InChI=1S/C21H17N7O2S/c29-19(9-15-12-31-21(26-15)20-22-13-23-27-20)25-14-4-6-17(7-5-14)30-11-16-10-28-8-2-1-3-18(28)24-16/h1-8,10,12-13H,9,11H2,(H,25,29)(H,22,23,27). The monoisotopic (exact) mass is 431 g/mol. The quantitative estimate of drug-likeness (QED) is 0.409. The first-order valence-electron chi connectivity index (χ1n) is 9.48. The number of ether oxygens (including phenoxy) is 1. The number of hydrogen-bond acceptors (Lipinski definition) is 7. The van der Waals surface area contributed by atoms with Crippen LogP contribution in [0.15, 0.2) is 66.6 Å². The number of carbonyl (C=O) groups is 1. The largest absolute Gasteiger partial charge is 0.487 e. The summed E-state index contributed by atoms with van der Waals surface area (Å²) in [5.74, 6) is 1.15. The number of carbonyl (C=O) groups excluding carboxylic acids is 1. The van der Waals surface area contributed by atoms with Gasteiger partial charge in [0, 0.05) is 23.5 Å². The van der Waals surface area contributed by atoms with Crippen molar-refractivity contribution in [2.75, 3.05) is 5.32 Å². The molecule has 0 aliphatic heterocycles. The first-order valence-corrected chi connectivity index (χ1v) is 10.4. The summed E-state index contributed by atoms with van der Waals surface area (Å²) in [4.78, 5) is 25.3. The van der Waals surface area contributed by atoms with E-state index in [4.69, 9.17) is 4.74 Å². The molecule has 2 N–H and O–H groups in total. The molecule has 1 amide bonds. The highest BCUT2D eigenvalue weighted by Gasteiger charge is 2.11. The SMILES string of the molecule is O=C(Cc1csc(-c2ncn[nH]2)n1)Nc1ccc(OCc2cn3ccccc3n2)cc1. The molecule has 0 saturated heterocycles. The van der Waals surface area contributed by atoms with Gasteiger partial charge in [0.15, 0.2) is 10.8 Å². The van der Waals surface area contributed by atoms with Crippen LogP contribution in [0.25, 0.3) is 16.5 Å². The predicted molar refractivity (Wildman–Crippen MR) is 116 cm³/mol. The Kier molecular flexibility index (Phi) is 5.11. The fraction of sp³-hybridized carbons (Fsp3) is 0.0952. The van der Waals surface area contributed by atoms with Crippen LogP contribution >= 0.6 is 11.3 Å². The topological polar surface area (TPSA) is 110 Å². The Morgan fingerprint density at radius 3 is 2.84 bits per heavy atom. The number of hydrogen-bond donors (Lipinski definition) is 2. The minimum atomic E-state index is -0.146. The van der Waals surface area contributed by atoms with Crippen LogP contribution in [0.5, 0.6) is 5.75 Å². The summed E-state index contributed by atoms with van der Waals surface area (Å²) in [5.41, 5.74) is 3.10. The first-order chi connectivity index (χ1) is 15.2. The van der Waals surface area contributed by atoms with Gasteiger partial charge in [0.05, 0.1) is 17.8 Å². The lowest BCUT2D eigenvalue weighted by atomic mass is 10.2. The number of amides is 1. The number of benzene rings is 1. The Labute approximate surface area is 180 Å². The van der Waals surface area contributed by atoms with E-state index >= 15 is 0 Å². The summed E-state index contributed by atoms with van der Waals surface area (Å²) in [6, 6.07) is 13.1. The highest BCUT2D eigenvalue weighted by atomic mass is 32.1. The molecule has 0 bridgehead atoms. The van der Waals surface area contributed by atoms with Crippen LogP contribution in [0.1, 0.15) is 11.4 Å². The number of rotatable bonds is 7. The van der Waals surface area contributed by atoms with Crippen molar-refractivity contribution in [2.45, 2.75) is 13.0 Å². The van der Waals surface area contributed by atoms with Gasteiger partial charge in [-0.15, -0.1) is 11.3 Å². The highest BCUT2D eigenvalue weighted by molar-refractivity contribution is 7.13. The third-order valence-electron chi connectivity index (χ3n) is 4.45. The number of aromatic amines is 1. The molecule has 31 heavy (non-hydrogen) atoms. The Morgan fingerprint density at radius 1 is 1.13 bits per heavy atom. The Hall–Kier alpha value is -4.05. The van der Waals surface area contributed by atoms with Gasteiger partial charge >= 0.3 is 0 Å². The molecule has 0 aliphatic rings. The molecule has 1 aromatic carbocycles. The molecule has 4 aromatic heterocycles. The van der Waals surface area contributed by atoms with Crippen LogP contribution in [-0.2, 0) is 17.8 Å². The minimum Gasteiger partial charge on any atom is -0.487 e. The molecule has 0 atom stereocenters. The number of nitrogens with one attached hydrogen (secondary N) is 2. The zero-order valence-corrected chi connectivity index (χ0v) is 17.0. The second kappa shape index (κ2) is 8.36. The molecular weight excluding hydrogens is 414 g/mol. The molecular formula is C21H17N7O2S. The molecule has 4 heterocycles. The molecule has 0 saturated carbocycles. The van der Waals surface area contributed by atoms with Crippen LogP contribution in [-0.4, -0.2) is 35.5 Å². The zero-order valence-electron chi connectivity index (χ0n) is 16.2. The smallest absolute Gasteiger partial charge is 0.230 e. The first kappa shape index (κ1) is 18.9. The lowest BCUT2D eigenvalue weighted by Crippen LogP contribution is -2.14. The fourth-order valence-electron chi connectivity index (χ4n) is 3.02. The molecule has 5 aromatic rings. The highest BCUT2D eigenvalue weighted by Crippen LogP contribution is 2.21. The molecule has 154 valence electrons. The summed E-state index contributed by atoms with van der Waals surface area (Å²) in [6.07, 6.45) is 5.49. The van der Waals surface area contributed by atoms with Crippen molar-refractivity contribution in [3.63, 3.8) is 0 Å². The van der Waals surface area contributed by atoms with Gasteiger partial charge in [-0.05, 0) is 36.4 Å². The lowest BCUT2D eigenvalue weighted by molar-refractivity contribution is -0.115. The summed E-state index contributed by atoms with van der Waals surface area (Å²) in [5, 5.41) is 12.0. The van der Waals surface area contributed by atoms with E-state index in [1.165, 1.54) is 17.7 Å². The van der Waals surface area contributed by atoms with E-state index < -0.39 is 0 Å². The van der Waals surface area contributed by atoms with Crippen LogP contribution in [0.4, 0.5) is 5.69 Å². The third-order valence-corrected chi connectivity index (χ3v) is 5.35. The van der Waals surface area contributed by atoms with Gasteiger partial charge < -0.3 is 14.5 Å². The summed E-state index contributed by atoms with van der Waals surface area (Å²) < 4.78 is 7.76. The Balaban J connectivity index is 1.15. The van der Waals surface area contributed by atoms with Crippen molar-refractivity contribution in [2.24, 2.45) is 0 Å². The lowest BCUT2D eigenvalue weighted by Gasteiger charge is -2.07. The van der Waals surface area contributed by atoms with Crippen LogP contribution in [0, 0.1) is 0 Å². The van der Waals surface area contributed by atoms with Crippen molar-refractivity contribution in [3.05, 3.63) is 78.0 Å². The van der Waals surface area contributed by atoms with E-state index in [-0.39, 0.29) is 12.3 Å². The van der Waals surface area contributed by atoms with Crippen molar-refractivity contribution < 1.29 is 9.53 Å². The van der Waals surface area contributed by atoms with Crippen molar-refractivity contribution >= 4 is 28.6 Å². The van der Waals surface area contributed by atoms with Gasteiger partial charge in [0.1, 0.15) is 24.3 Å². The number of thiazole rings is 1. The second-order valence-corrected chi connectivity index (χ2v) is 7.57. The third kappa shape index (κ3) is 4.43. The van der Waals surface area contributed by atoms with Crippen molar-refractivity contribution in [1.82, 2.24) is 29.5 Å². The van der Waals surface area contributed by atoms with Gasteiger partial charge in [-0.1, -0.05) is 6.07 Å². The number of pyridine rings is 1. The number of imidazole rings is 1. The maximum atomic E-state index is 12.3.